The lowest BCUT2D eigenvalue weighted by molar-refractivity contribution is 0.0596. The third-order valence-electron chi connectivity index (χ3n) is 4.03. The van der Waals surface area contributed by atoms with E-state index in [0.29, 0.717) is 13.1 Å². The molecule has 2 aromatic rings. The van der Waals surface area contributed by atoms with Crippen LogP contribution in [-0.2, 0) is 24.8 Å². The second-order valence-electron chi connectivity index (χ2n) is 5.71. The first kappa shape index (κ1) is 21.9. The van der Waals surface area contributed by atoms with E-state index in [9.17, 15) is 21.6 Å². The smallest absolute Gasteiger partial charge is 0.339 e. The van der Waals surface area contributed by atoms with E-state index in [1.54, 1.807) is 13.8 Å². The van der Waals surface area contributed by atoms with Crippen LogP contribution in [0.5, 0.6) is 0 Å². The molecule has 0 amide bonds. The standard InChI is InChI=1S/C18H22N2O6S2/c1-4-20(5-2)28(24,25)15-12-10-14(11-13-15)19-27(22,23)17-9-7-6-8-16(17)18(21)26-3/h6-13,19H,4-5H2,1-3H3. The monoisotopic (exact) mass is 426 g/mol. The molecule has 0 unspecified atom stereocenters. The van der Waals surface area contributed by atoms with Crippen molar-refractivity contribution in [2.45, 2.75) is 23.6 Å². The minimum Gasteiger partial charge on any atom is -0.465 e. The van der Waals surface area contributed by atoms with E-state index < -0.39 is 26.0 Å². The molecule has 0 spiro atoms. The predicted octanol–water partition coefficient (Wildman–Crippen LogP) is 2.30. The Balaban J connectivity index is 2.33. The molecule has 0 fully saturated rings. The van der Waals surface area contributed by atoms with Gasteiger partial charge in [0.1, 0.15) is 4.90 Å². The molecule has 0 heterocycles. The summed E-state index contributed by atoms with van der Waals surface area (Å²) in [5, 5.41) is 0. The maximum Gasteiger partial charge on any atom is 0.339 e. The van der Waals surface area contributed by atoms with Gasteiger partial charge in [-0.1, -0.05) is 26.0 Å². The minimum absolute atomic E-state index is 0.0640. The summed E-state index contributed by atoms with van der Waals surface area (Å²) in [5.74, 6) is -0.776. The van der Waals surface area contributed by atoms with Crippen molar-refractivity contribution in [1.29, 1.82) is 0 Å². The molecule has 0 aliphatic rings. The highest BCUT2D eigenvalue weighted by Gasteiger charge is 2.24. The number of ether oxygens (including phenoxy) is 1. The first-order valence-corrected chi connectivity index (χ1v) is 11.4. The van der Waals surface area contributed by atoms with Gasteiger partial charge in [-0.25, -0.2) is 21.6 Å². The van der Waals surface area contributed by atoms with Gasteiger partial charge in [0.2, 0.25) is 10.0 Å². The summed E-state index contributed by atoms with van der Waals surface area (Å²) in [6.07, 6.45) is 0. The Morgan fingerprint density at radius 3 is 2.07 bits per heavy atom. The number of rotatable bonds is 8. The van der Waals surface area contributed by atoms with Crippen LogP contribution in [0.3, 0.4) is 0 Å². The lowest BCUT2D eigenvalue weighted by atomic mass is 10.2. The fourth-order valence-corrected chi connectivity index (χ4v) is 5.31. The average molecular weight is 427 g/mol. The lowest BCUT2D eigenvalue weighted by Crippen LogP contribution is -2.30. The van der Waals surface area contributed by atoms with Crippen molar-refractivity contribution in [3.8, 4) is 0 Å². The molecule has 8 nitrogen and oxygen atoms in total. The largest absolute Gasteiger partial charge is 0.465 e. The van der Waals surface area contributed by atoms with Crippen molar-refractivity contribution >= 4 is 31.7 Å². The van der Waals surface area contributed by atoms with E-state index in [4.69, 9.17) is 0 Å². The quantitative estimate of drug-likeness (QED) is 0.649. The van der Waals surface area contributed by atoms with Crippen LogP contribution < -0.4 is 4.72 Å². The van der Waals surface area contributed by atoms with Crippen LogP contribution in [0.4, 0.5) is 5.69 Å². The molecule has 0 saturated heterocycles. The number of hydrogen-bond donors (Lipinski definition) is 1. The number of esters is 1. The lowest BCUT2D eigenvalue weighted by Gasteiger charge is -2.18. The summed E-state index contributed by atoms with van der Waals surface area (Å²) in [6.45, 7) is 4.14. The molecule has 0 bridgehead atoms. The van der Waals surface area contributed by atoms with Gasteiger partial charge in [0.05, 0.1) is 17.6 Å². The summed E-state index contributed by atoms with van der Waals surface area (Å²) in [4.78, 5) is 11.7. The zero-order chi connectivity index (χ0) is 20.9. The summed E-state index contributed by atoms with van der Waals surface area (Å²) in [6, 6.07) is 11.0. The van der Waals surface area contributed by atoms with E-state index in [2.05, 4.69) is 9.46 Å². The number of carbonyl (C=O) groups is 1. The summed E-state index contributed by atoms with van der Waals surface area (Å²) < 4.78 is 58.6. The molecular weight excluding hydrogens is 404 g/mol. The first-order chi connectivity index (χ1) is 13.2. The van der Waals surface area contributed by atoms with Gasteiger partial charge in [-0.2, -0.15) is 4.31 Å². The van der Waals surface area contributed by atoms with Gasteiger partial charge in [0, 0.05) is 18.8 Å². The number of nitrogens with one attached hydrogen (secondary N) is 1. The molecule has 2 rings (SSSR count). The fourth-order valence-electron chi connectivity index (χ4n) is 2.60. The number of carbonyl (C=O) groups excluding carboxylic acids is 1. The van der Waals surface area contributed by atoms with Gasteiger partial charge in [-0.3, -0.25) is 4.72 Å². The molecule has 0 aliphatic carbocycles. The number of methoxy groups -OCH3 is 1. The molecular formula is C18H22N2O6S2. The Bertz CT molecular complexity index is 1040. The van der Waals surface area contributed by atoms with Gasteiger partial charge < -0.3 is 4.74 Å². The van der Waals surface area contributed by atoms with Gasteiger partial charge >= 0.3 is 5.97 Å². The van der Waals surface area contributed by atoms with Gasteiger partial charge in [-0.15, -0.1) is 0 Å². The zero-order valence-corrected chi connectivity index (χ0v) is 17.4. The molecule has 0 atom stereocenters. The topological polar surface area (TPSA) is 110 Å². The Kier molecular flexibility index (Phi) is 6.81. The highest BCUT2D eigenvalue weighted by atomic mass is 32.2. The van der Waals surface area contributed by atoms with Crippen molar-refractivity contribution in [2.24, 2.45) is 0 Å². The molecule has 0 aromatic heterocycles. The third kappa shape index (κ3) is 4.51. The SMILES string of the molecule is CCN(CC)S(=O)(=O)c1ccc(NS(=O)(=O)c2ccccc2C(=O)OC)cc1. The van der Waals surface area contributed by atoms with E-state index in [-0.39, 0.29) is 21.0 Å². The second-order valence-corrected chi connectivity index (χ2v) is 9.30. The van der Waals surface area contributed by atoms with Gasteiger partial charge in [0.25, 0.3) is 10.0 Å². The summed E-state index contributed by atoms with van der Waals surface area (Å²) >= 11 is 0. The van der Waals surface area contributed by atoms with E-state index in [1.165, 1.54) is 52.8 Å². The number of benzene rings is 2. The van der Waals surface area contributed by atoms with Crippen LogP contribution in [0, 0.1) is 0 Å². The van der Waals surface area contributed by atoms with Crippen LogP contribution in [0.2, 0.25) is 0 Å². The molecule has 10 heteroatoms. The number of sulfonamides is 2. The van der Waals surface area contributed by atoms with E-state index >= 15 is 0 Å². The second kappa shape index (κ2) is 8.72. The van der Waals surface area contributed by atoms with E-state index in [1.807, 2.05) is 0 Å². The van der Waals surface area contributed by atoms with Crippen LogP contribution in [0.1, 0.15) is 24.2 Å². The molecule has 0 radical (unpaired) electrons. The fraction of sp³-hybridized carbons (Fsp3) is 0.278. The third-order valence-corrected chi connectivity index (χ3v) is 7.54. The Morgan fingerprint density at radius 2 is 1.54 bits per heavy atom. The summed E-state index contributed by atoms with van der Waals surface area (Å²) in [5.41, 5.74) is 0.0661. The van der Waals surface area contributed by atoms with Gasteiger partial charge in [-0.05, 0) is 36.4 Å². The number of hydrogen-bond acceptors (Lipinski definition) is 6. The molecule has 1 N–H and O–H groups in total. The summed E-state index contributed by atoms with van der Waals surface area (Å²) in [7, 11) is -6.56. The van der Waals surface area contributed by atoms with Gasteiger partial charge in [0.15, 0.2) is 0 Å². The Labute approximate surface area is 165 Å². The maximum atomic E-state index is 12.7. The van der Waals surface area contributed by atoms with Crippen LogP contribution in [0.15, 0.2) is 58.3 Å². The van der Waals surface area contributed by atoms with Crippen LogP contribution in [-0.4, -0.2) is 47.3 Å². The maximum absolute atomic E-state index is 12.7. The predicted molar refractivity (Wildman–Crippen MR) is 105 cm³/mol. The Morgan fingerprint density at radius 1 is 0.964 bits per heavy atom. The normalized spacial score (nSPS) is 12.0. The molecule has 2 aromatic carbocycles. The van der Waals surface area contributed by atoms with Crippen molar-refractivity contribution in [3.05, 3.63) is 54.1 Å². The minimum atomic E-state index is -4.08. The molecule has 0 aliphatic heterocycles. The van der Waals surface area contributed by atoms with Crippen LogP contribution >= 0.6 is 0 Å². The zero-order valence-electron chi connectivity index (χ0n) is 15.7. The average Bonchev–Trinajstić information content (AvgIpc) is 2.68. The highest BCUT2D eigenvalue weighted by molar-refractivity contribution is 7.92. The van der Waals surface area contributed by atoms with Crippen molar-refractivity contribution in [1.82, 2.24) is 4.31 Å². The molecule has 152 valence electrons. The molecule has 28 heavy (non-hydrogen) atoms. The van der Waals surface area contributed by atoms with Crippen molar-refractivity contribution in [2.75, 3.05) is 24.9 Å². The Hall–Kier alpha value is -2.43. The number of nitrogens with zero attached hydrogens (tertiary/aromatic N) is 1. The highest BCUT2D eigenvalue weighted by Crippen LogP contribution is 2.23. The van der Waals surface area contributed by atoms with E-state index in [0.717, 1.165) is 7.11 Å². The van der Waals surface area contributed by atoms with Crippen molar-refractivity contribution < 1.29 is 26.4 Å². The van der Waals surface area contributed by atoms with Crippen molar-refractivity contribution in [3.63, 3.8) is 0 Å². The van der Waals surface area contributed by atoms with Crippen LogP contribution in [0.25, 0.3) is 0 Å². The first-order valence-electron chi connectivity index (χ1n) is 8.47. The number of anilines is 1. The molecule has 0 saturated carbocycles.